The van der Waals surface area contributed by atoms with E-state index in [0.29, 0.717) is 12.4 Å². The van der Waals surface area contributed by atoms with E-state index in [1.54, 1.807) is 6.92 Å². The molecular formula is C11H19N3O. The molecule has 0 spiro atoms. The van der Waals surface area contributed by atoms with Gasteiger partial charge in [0.1, 0.15) is 0 Å². The van der Waals surface area contributed by atoms with Crippen molar-refractivity contribution in [2.24, 2.45) is 0 Å². The number of hydrogen-bond acceptors (Lipinski definition) is 4. The van der Waals surface area contributed by atoms with E-state index in [0.717, 1.165) is 11.4 Å². The van der Waals surface area contributed by atoms with Crippen molar-refractivity contribution < 1.29 is 5.11 Å². The van der Waals surface area contributed by atoms with E-state index >= 15 is 0 Å². The highest BCUT2D eigenvalue weighted by Gasteiger charge is 2.07. The topological polar surface area (TPSA) is 58.0 Å². The van der Waals surface area contributed by atoms with Crippen LogP contribution in [0.15, 0.2) is 6.07 Å². The smallest absolute Gasteiger partial charge is 0.223 e. The molecular weight excluding hydrogens is 190 g/mol. The summed E-state index contributed by atoms with van der Waals surface area (Å²) >= 11 is 0. The first-order chi connectivity index (χ1) is 6.97. The van der Waals surface area contributed by atoms with Crippen LogP contribution in [-0.2, 0) is 0 Å². The summed E-state index contributed by atoms with van der Waals surface area (Å²) < 4.78 is 0. The van der Waals surface area contributed by atoms with Crippen molar-refractivity contribution in [2.75, 3.05) is 5.32 Å². The molecule has 0 bridgehead atoms. The molecule has 1 aromatic heterocycles. The average Bonchev–Trinajstić information content (AvgIpc) is 1.98. The Kier molecular flexibility index (Phi) is 4.03. The summed E-state index contributed by atoms with van der Waals surface area (Å²) in [5.41, 5.74) is 1.91. The van der Waals surface area contributed by atoms with Gasteiger partial charge in [-0.25, -0.2) is 9.97 Å². The fourth-order valence-corrected chi connectivity index (χ4v) is 1.58. The predicted octanol–water partition coefficient (Wildman–Crippen LogP) is 1.66. The first kappa shape index (κ1) is 11.9. The number of aliphatic hydroxyl groups is 1. The van der Waals surface area contributed by atoms with Crippen molar-refractivity contribution in [3.8, 4) is 0 Å². The average molecular weight is 209 g/mol. The van der Waals surface area contributed by atoms with Crippen LogP contribution in [0.4, 0.5) is 5.95 Å². The van der Waals surface area contributed by atoms with Crippen molar-refractivity contribution in [2.45, 2.75) is 46.3 Å². The Bertz CT molecular complexity index is 305. The Hall–Kier alpha value is -1.16. The van der Waals surface area contributed by atoms with Gasteiger partial charge in [0.25, 0.3) is 0 Å². The number of nitrogens with zero attached hydrogens (tertiary/aromatic N) is 2. The SMILES string of the molecule is Cc1cc(C)nc(NC(C)CC(C)O)n1. The van der Waals surface area contributed by atoms with Gasteiger partial charge < -0.3 is 10.4 Å². The highest BCUT2D eigenvalue weighted by molar-refractivity contribution is 5.28. The quantitative estimate of drug-likeness (QED) is 0.792. The zero-order chi connectivity index (χ0) is 11.4. The van der Waals surface area contributed by atoms with Gasteiger partial charge in [0, 0.05) is 17.4 Å². The molecule has 0 radical (unpaired) electrons. The minimum absolute atomic E-state index is 0.172. The van der Waals surface area contributed by atoms with Crippen LogP contribution in [-0.4, -0.2) is 27.2 Å². The van der Waals surface area contributed by atoms with Crippen LogP contribution >= 0.6 is 0 Å². The predicted molar refractivity (Wildman–Crippen MR) is 60.9 cm³/mol. The molecule has 0 saturated heterocycles. The van der Waals surface area contributed by atoms with Crippen molar-refractivity contribution in [1.82, 2.24) is 9.97 Å². The van der Waals surface area contributed by atoms with Crippen LogP contribution in [0.1, 0.15) is 31.7 Å². The molecule has 0 saturated carbocycles. The molecule has 1 aromatic rings. The number of rotatable bonds is 4. The molecule has 2 N–H and O–H groups in total. The monoisotopic (exact) mass is 209 g/mol. The Morgan fingerprint density at radius 1 is 1.27 bits per heavy atom. The highest BCUT2D eigenvalue weighted by Crippen LogP contribution is 2.07. The van der Waals surface area contributed by atoms with Gasteiger partial charge >= 0.3 is 0 Å². The normalized spacial score (nSPS) is 14.7. The third-order valence-corrected chi connectivity index (χ3v) is 2.05. The van der Waals surface area contributed by atoms with Gasteiger partial charge in [-0.05, 0) is 40.2 Å². The second kappa shape index (κ2) is 5.07. The van der Waals surface area contributed by atoms with Gasteiger partial charge in [0.15, 0.2) is 0 Å². The number of aliphatic hydroxyl groups excluding tert-OH is 1. The Balaban J connectivity index is 2.63. The van der Waals surface area contributed by atoms with Gasteiger partial charge in [-0.15, -0.1) is 0 Å². The minimum atomic E-state index is -0.307. The maximum absolute atomic E-state index is 9.23. The molecule has 4 heteroatoms. The second-order valence-corrected chi connectivity index (χ2v) is 4.10. The van der Waals surface area contributed by atoms with E-state index in [-0.39, 0.29) is 12.1 Å². The summed E-state index contributed by atoms with van der Waals surface area (Å²) in [7, 11) is 0. The molecule has 1 rings (SSSR count). The Morgan fingerprint density at radius 2 is 1.80 bits per heavy atom. The van der Waals surface area contributed by atoms with Crippen molar-refractivity contribution in [3.05, 3.63) is 17.5 Å². The minimum Gasteiger partial charge on any atom is -0.393 e. The van der Waals surface area contributed by atoms with E-state index in [1.807, 2.05) is 26.8 Å². The van der Waals surface area contributed by atoms with Gasteiger partial charge in [0.05, 0.1) is 6.10 Å². The van der Waals surface area contributed by atoms with Gasteiger partial charge in [-0.2, -0.15) is 0 Å². The first-order valence-electron chi connectivity index (χ1n) is 5.24. The van der Waals surface area contributed by atoms with E-state index < -0.39 is 0 Å². The van der Waals surface area contributed by atoms with E-state index in [4.69, 9.17) is 0 Å². The van der Waals surface area contributed by atoms with Gasteiger partial charge in [0.2, 0.25) is 5.95 Å². The third-order valence-electron chi connectivity index (χ3n) is 2.05. The first-order valence-corrected chi connectivity index (χ1v) is 5.24. The van der Waals surface area contributed by atoms with Crippen molar-refractivity contribution >= 4 is 5.95 Å². The molecule has 0 aliphatic carbocycles. The standard InChI is InChI=1S/C11H19N3O/c1-7-5-8(2)13-11(12-7)14-9(3)6-10(4)15/h5,9-10,15H,6H2,1-4H3,(H,12,13,14). The summed E-state index contributed by atoms with van der Waals surface area (Å²) in [4.78, 5) is 8.55. The van der Waals surface area contributed by atoms with Crippen molar-refractivity contribution in [1.29, 1.82) is 0 Å². The Morgan fingerprint density at radius 3 is 2.27 bits per heavy atom. The van der Waals surface area contributed by atoms with Gasteiger partial charge in [-0.1, -0.05) is 0 Å². The zero-order valence-corrected chi connectivity index (χ0v) is 9.78. The van der Waals surface area contributed by atoms with Gasteiger partial charge in [-0.3, -0.25) is 0 Å². The molecule has 2 atom stereocenters. The molecule has 2 unspecified atom stereocenters. The number of aromatic nitrogens is 2. The lowest BCUT2D eigenvalue weighted by molar-refractivity contribution is 0.179. The second-order valence-electron chi connectivity index (χ2n) is 4.10. The summed E-state index contributed by atoms with van der Waals surface area (Å²) in [6.45, 7) is 7.67. The van der Waals surface area contributed by atoms with Crippen molar-refractivity contribution in [3.63, 3.8) is 0 Å². The third kappa shape index (κ3) is 4.25. The van der Waals surface area contributed by atoms with Crippen LogP contribution in [0.2, 0.25) is 0 Å². The molecule has 15 heavy (non-hydrogen) atoms. The fraction of sp³-hybridized carbons (Fsp3) is 0.636. The lowest BCUT2D eigenvalue weighted by atomic mass is 10.2. The lowest BCUT2D eigenvalue weighted by Gasteiger charge is -2.15. The molecule has 0 amide bonds. The van der Waals surface area contributed by atoms with Crippen LogP contribution in [0.5, 0.6) is 0 Å². The largest absolute Gasteiger partial charge is 0.393 e. The summed E-state index contributed by atoms with van der Waals surface area (Å²) in [6, 6.07) is 2.11. The molecule has 0 aliphatic rings. The Labute approximate surface area is 90.8 Å². The molecule has 1 heterocycles. The zero-order valence-electron chi connectivity index (χ0n) is 9.78. The van der Waals surface area contributed by atoms with E-state index in [2.05, 4.69) is 15.3 Å². The summed E-state index contributed by atoms with van der Waals surface area (Å²) in [5, 5.41) is 12.4. The number of hydrogen-bond donors (Lipinski definition) is 2. The van der Waals surface area contributed by atoms with Crippen LogP contribution in [0.25, 0.3) is 0 Å². The summed E-state index contributed by atoms with van der Waals surface area (Å²) in [6.07, 6.45) is 0.384. The molecule has 84 valence electrons. The molecule has 0 fully saturated rings. The van der Waals surface area contributed by atoms with Crippen LogP contribution in [0, 0.1) is 13.8 Å². The molecule has 0 aromatic carbocycles. The van der Waals surface area contributed by atoms with Crippen LogP contribution in [0.3, 0.4) is 0 Å². The number of nitrogens with one attached hydrogen (secondary N) is 1. The highest BCUT2D eigenvalue weighted by atomic mass is 16.3. The molecule has 4 nitrogen and oxygen atoms in total. The van der Waals surface area contributed by atoms with E-state index in [9.17, 15) is 5.11 Å². The number of anilines is 1. The fourth-order valence-electron chi connectivity index (χ4n) is 1.58. The maximum atomic E-state index is 9.23. The summed E-state index contributed by atoms with van der Waals surface area (Å²) in [5.74, 6) is 0.639. The van der Waals surface area contributed by atoms with E-state index in [1.165, 1.54) is 0 Å². The molecule has 0 aliphatic heterocycles. The maximum Gasteiger partial charge on any atom is 0.223 e. The van der Waals surface area contributed by atoms with Crippen LogP contribution < -0.4 is 5.32 Å². The lowest BCUT2D eigenvalue weighted by Crippen LogP contribution is -2.22. The number of aryl methyl sites for hydroxylation is 2.